The minimum atomic E-state index is -0.554. The number of nitrogens with zero attached hydrogens (tertiary/aromatic N) is 1. The number of aliphatic hydroxyl groups is 1. The van der Waals surface area contributed by atoms with Gasteiger partial charge in [-0.1, -0.05) is 24.3 Å². The van der Waals surface area contributed by atoms with E-state index in [0.717, 1.165) is 12.8 Å². The van der Waals surface area contributed by atoms with Crippen molar-refractivity contribution in [3.63, 3.8) is 0 Å². The van der Waals surface area contributed by atoms with Gasteiger partial charge in [0.05, 0.1) is 31.4 Å². The summed E-state index contributed by atoms with van der Waals surface area (Å²) in [6, 6.07) is 8.07. The largest absolute Gasteiger partial charge is 0.444 e. The molecule has 0 saturated carbocycles. The number of rotatable bonds is 2. The molecule has 2 unspecified atom stereocenters. The van der Waals surface area contributed by atoms with Crippen LogP contribution < -0.4 is 0 Å². The second-order valence-corrected chi connectivity index (χ2v) is 7.72. The second kappa shape index (κ2) is 6.73. The van der Waals surface area contributed by atoms with E-state index < -0.39 is 11.7 Å². The number of aliphatic hydroxyl groups excluding tert-OH is 1. The molecule has 2 aliphatic rings. The fourth-order valence-corrected chi connectivity index (χ4v) is 3.65. The summed E-state index contributed by atoms with van der Waals surface area (Å²) in [6.45, 7) is 6.39. The second-order valence-electron chi connectivity index (χ2n) is 7.72. The number of hydrogen-bond acceptors (Lipinski definition) is 4. The molecule has 5 nitrogen and oxygen atoms in total. The third-order valence-corrected chi connectivity index (χ3v) is 4.60. The first-order chi connectivity index (χ1) is 11.3. The number of fused-ring (bicyclic) bond motifs is 1. The quantitative estimate of drug-likeness (QED) is 0.904. The van der Waals surface area contributed by atoms with Gasteiger partial charge in [0.1, 0.15) is 5.60 Å². The summed E-state index contributed by atoms with van der Waals surface area (Å²) in [5.74, 6) is 0. The molecular formula is C19H27NO4. The predicted molar refractivity (Wildman–Crippen MR) is 90.8 cm³/mol. The number of carbonyl (C=O) groups excluding carboxylic acids is 1. The fraction of sp³-hybridized carbons (Fsp3) is 0.632. The number of carbonyl (C=O) groups is 1. The smallest absolute Gasteiger partial charge is 0.411 e. The molecule has 1 aliphatic heterocycles. The average molecular weight is 333 g/mol. The van der Waals surface area contributed by atoms with Crippen LogP contribution in [0.1, 0.15) is 50.8 Å². The molecule has 5 heteroatoms. The van der Waals surface area contributed by atoms with Crippen LogP contribution in [0, 0.1) is 0 Å². The van der Waals surface area contributed by atoms with E-state index in [2.05, 4.69) is 12.1 Å². The Balaban J connectivity index is 1.89. The highest BCUT2D eigenvalue weighted by Crippen LogP contribution is 2.38. The summed E-state index contributed by atoms with van der Waals surface area (Å²) >= 11 is 0. The molecule has 1 fully saturated rings. The molecule has 1 saturated heterocycles. The zero-order valence-electron chi connectivity index (χ0n) is 14.7. The first kappa shape index (κ1) is 17.2. The molecule has 0 aromatic heterocycles. The van der Waals surface area contributed by atoms with Crippen LogP contribution in [0.15, 0.2) is 24.3 Å². The molecular weight excluding hydrogens is 306 g/mol. The lowest BCUT2D eigenvalue weighted by molar-refractivity contribution is -0.0683. The maximum Gasteiger partial charge on any atom is 0.411 e. The molecule has 0 radical (unpaired) electrons. The summed E-state index contributed by atoms with van der Waals surface area (Å²) in [5, 5.41) is 9.98. The maximum absolute atomic E-state index is 12.9. The lowest BCUT2D eigenvalue weighted by atomic mass is 10.0. The van der Waals surface area contributed by atoms with Gasteiger partial charge in [0.25, 0.3) is 0 Å². The molecule has 0 bridgehead atoms. The van der Waals surface area contributed by atoms with Crippen LogP contribution in [0.3, 0.4) is 0 Å². The molecule has 1 aliphatic carbocycles. The van der Waals surface area contributed by atoms with Crippen LogP contribution in [0.5, 0.6) is 0 Å². The van der Waals surface area contributed by atoms with E-state index in [1.165, 1.54) is 11.1 Å². The standard InChI is InChI=1S/C19H27NO4/c1-19(2,3)24-18(22)20(14-10-15(21)12-23-11-14)17-9-8-13-6-4-5-7-16(13)17/h4-7,14-15,17,21H,8-12H2,1-3H3/t14?,15?,17-/m1/s1. The van der Waals surface area contributed by atoms with Crippen molar-refractivity contribution >= 4 is 6.09 Å². The summed E-state index contributed by atoms with van der Waals surface area (Å²) in [4.78, 5) is 14.7. The fourth-order valence-electron chi connectivity index (χ4n) is 3.65. The Bertz CT molecular complexity index is 595. The van der Waals surface area contributed by atoms with E-state index >= 15 is 0 Å². The summed E-state index contributed by atoms with van der Waals surface area (Å²) in [5.41, 5.74) is 1.92. The van der Waals surface area contributed by atoms with Crippen molar-refractivity contribution in [3.8, 4) is 0 Å². The highest BCUT2D eigenvalue weighted by Gasteiger charge is 2.39. The van der Waals surface area contributed by atoms with Gasteiger partial charge >= 0.3 is 6.09 Å². The molecule has 1 N–H and O–H groups in total. The third-order valence-electron chi connectivity index (χ3n) is 4.60. The third kappa shape index (κ3) is 3.73. The van der Waals surface area contributed by atoms with Crippen LogP contribution in [0.25, 0.3) is 0 Å². The lowest BCUT2D eigenvalue weighted by Gasteiger charge is -2.40. The molecule has 24 heavy (non-hydrogen) atoms. The van der Waals surface area contributed by atoms with E-state index in [1.807, 2.05) is 32.9 Å². The van der Waals surface area contributed by atoms with Crippen LogP contribution in [0.2, 0.25) is 0 Å². The number of ether oxygens (including phenoxy) is 2. The zero-order chi connectivity index (χ0) is 17.3. The van der Waals surface area contributed by atoms with Crippen LogP contribution in [-0.4, -0.2) is 47.1 Å². The molecule has 3 rings (SSSR count). The highest BCUT2D eigenvalue weighted by atomic mass is 16.6. The van der Waals surface area contributed by atoms with Gasteiger partial charge in [-0.2, -0.15) is 0 Å². The van der Waals surface area contributed by atoms with Gasteiger partial charge < -0.3 is 14.6 Å². The first-order valence-electron chi connectivity index (χ1n) is 8.70. The molecule has 3 atom stereocenters. The van der Waals surface area contributed by atoms with Crippen LogP contribution in [0.4, 0.5) is 4.79 Å². The Morgan fingerprint density at radius 3 is 2.75 bits per heavy atom. The van der Waals surface area contributed by atoms with Crippen molar-refractivity contribution in [1.29, 1.82) is 0 Å². The molecule has 0 spiro atoms. The van der Waals surface area contributed by atoms with Gasteiger partial charge in [-0.05, 0) is 51.2 Å². The Labute approximate surface area is 143 Å². The molecule has 1 aromatic rings. The predicted octanol–water partition coefficient (Wildman–Crippen LogP) is 3.06. The minimum absolute atomic E-state index is 0.0186. The Hall–Kier alpha value is -1.59. The maximum atomic E-state index is 12.9. The molecule has 1 amide bonds. The summed E-state index contributed by atoms with van der Waals surface area (Å²) < 4.78 is 11.2. The Kier molecular flexibility index (Phi) is 4.83. The van der Waals surface area contributed by atoms with Gasteiger partial charge in [0.15, 0.2) is 0 Å². The van der Waals surface area contributed by atoms with E-state index in [4.69, 9.17) is 9.47 Å². The van der Waals surface area contributed by atoms with Crippen molar-refractivity contribution in [3.05, 3.63) is 35.4 Å². The van der Waals surface area contributed by atoms with Crippen molar-refractivity contribution in [2.75, 3.05) is 13.2 Å². The average Bonchev–Trinajstić information content (AvgIpc) is 2.90. The van der Waals surface area contributed by atoms with E-state index in [9.17, 15) is 9.90 Å². The lowest BCUT2D eigenvalue weighted by Crippen LogP contribution is -2.50. The zero-order valence-corrected chi connectivity index (χ0v) is 14.7. The van der Waals surface area contributed by atoms with Crippen molar-refractivity contribution in [2.24, 2.45) is 0 Å². The molecule has 132 valence electrons. The monoisotopic (exact) mass is 333 g/mol. The van der Waals surface area contributed by atoms with E-state index in [-0.39, 0.29) is 18.2 Å². The van der Waals surface area contributed by atoms with Gasteiger partial charge in [0, 0.05) is 0 Å². The number of amides is 1. The van der Waals surface area contributed by atoms with Gasteiger partial charge in [-0.25, -0.2) is 4.79 Å². The molecule has 1 heterocycles. The van der Waals surface area contributed by atoms with Crippen molar-refractivity contribution in [2.45, 2.75) is 63.8 Å². The summed E-state index contributed by atoms with van der Waals surface area (Å²) in [7, 11) is 0. The van der Waals surface area contributed by atoms with Crippen LogP contribution in [-0.2, 0) is 15.9 Å². The minimum Gasteiger partial charge on any atom is -0.444 e. The van der Waals surface area contributed by atoms with Gasteiger partial charge in [-0.3, -0.25) is 4.90 Å². The number of benzene rings is 1. The van der Waals surface area contributed by atoms with Crippen molar-refractivity contribution < 1.29 is 19.4 Å². The number of aryl methyl sites for hydroxylation is 1. The Morgan fingerprint density at radius 2 is 2.04 bits per heavy atom. The van der Waals surface area contributed by atoms with Crippen LogP contribution >= 0.6 is 0 Å². The SMILES string of the molecule is CC(C)(C)OC(=O)N(C1COCC(O)C1)[C@@H]1CCc2ccccc21. The Morgan fingerprint density at radius 1 is 1.29 bits per heavy atom. The van der Waals surface area contributed by atoms with E-state index in [0.29, 0.717) is 19.6 Å². The first-order valence-corrected chi connectivity index (χ1v) is 8.70. The summed E-state index contributed by atoms with van der Waals surface area (Å²) in [6.07, 6.45) is 1.50. The van der Waals surface area contributed by atoms with Gasteiger partial charge in [0.2, 0.25) is 0 Å². The van der Waals surface area contributed by atoms with Crippen molar-refractivity contribution in [1.82, 2.24) is 4.90 Å². The highest BCUT2D eigenvalue weighted by molar-refractivity contribution is 5.70. The van der Waals surface area contributed by atoms with E-state index in [1.54, 1.807) is 4.90 Å². The normalized spacial score (nSPS) is 26.8. The van der Waals surface area contributed by atoms with Gasteiger partial charge in [-0.15, -0.1) is 0 Å². The number of hydrogen-bond donors (Lipinski definition) is 1. The molecule has 1 aromatic carbocycles. The topological polar surface area (TPSA) is 59.0 Å².